The smallest absolute Gasteiger partial charge is 0.324 e. The van der Waals surface area contributed by atoms with Crippen molar-refractivity contribution < 1.29 is 38.1 Å². The van der Waals surface area contributed by atoms with Crippen LogP contribution in [-0.4, -0.2) is 50.3 Å². The van der Waals surface area contributed by atoms with Crippen molar-refractivity contribution in [1.29, 1.82) is 0 Å². The lowest BCUT2D eigenvalue weighted by Gasteiger charge is -2.28. The van der Waals surface area contributed by atoms with Crippen molar-refractivity contribution in [1.82, 2.24) is 0 Å². The van der Waals surface area contributed by atoms with E-state index in [0.29, 0.717) is 12.8 Å². The zero-order chi connectivity index (χ0) is 31.8. The molecule has 0 saturated heterocycles. The first-order valence-corrected chi connectivity index (χ1v) is 19.8. The molecule has 40 heavy (non-hydrogen) atoms. The van der Waals surface area contributed by atoms with Crippen LogP contribution in [-0.2, 0) is 69.4 Å². The van der Waals surface area contributed by atoms with Gasteiger partial charge in [0.2, 0.25) is 0 Å². The largest absolute Gasteiger partial charge is 0.465 e. The number of carbonyl (C=O) groups is 4. The Kier molecular flexibility index (Phi) is 28.0. The molecule has 0 aromatic heterocycles. The molecule has 2 atom stereocenters. The number of esters is 4. The highest BCUT2D eigenvalue weighted by Crippen LogP contribution is 2.40. The van der Waals surface area contributed by atoms with Gasteiger partial charge >= 0.3 is 23.9 Å². The average molecular weight is 675 g/mol. The molecule has 1 aliphatic carbocycles. The molecule has 0 aliphatic heterocycles. The number of rotatable bonds is 12. The van der Waals surface area contributed by atoms with Crippen LogP contribution >= 0.6 is 25.8 Å². The van der Waals surface area contributed by atoms with Gasteiger partial charge < -0.3 is 18.9 Å². The highest BCUT2D eigenvalue weighted by Gasteiger charge is 2.50. The highest BCUT2D eigenvalue weighted by molar-refractivity contribution is 8.37. The van der Waals surface area contributed by atoms with Crippen LogP contribution in [0.4, 0.5) is 0 Å². The van der Waals surface area contributed by atoms with Gasteiger partial charge in [-0.25, -0.2) is 0 Å². The topological polar surface area (TPSA) is 105 Å². The molecule has 0 spiro atoms. The summed E-state index contributed by atoms with van der Waals surface area (Å²) in [6.07, 6.45) is 4.60. The maximum absolute atomic E-state index is 12.1. The number of ether oxygens (including phenoxy) is 4. The summed E-state index contributed by atoms with van der Waals surface area (Å²) in [4.78, 5) is 47.9. The Morgan fingerprint density at radius 2 is 1.38 bits per heavy atom. The van der Waals surface area contributed by atoms with E-state index in [1.165, 1.54) is 6.08 Å². The van der Waals surface area contributed by atoms with Crippen molar-refractivity contribution in [3.05, 3.63) is 36.5 Å². The maximum atomic E-state index is 12.1. The summed E-state index contributed by atoms with van der Waals surface area (Å²) in [5.74, 6) is -2.10. The van der Waals surface area contributed by atoms with E-state index in [1.54, 1.807) is 34.6 Å². The van der Waals surface area contributed by atoms with E-state index in [4.69, 9.17) is 18.9 Å². The highest BCUT2D eigenvalue weighted by atomic mass is 33.1. The first-order chi connectivity index (χ1) is 18.8. The average Bonchev–Trinajstić information content (AvgIpc) is 3.28. The van der Waals surface area contributed by atoms with Crippen LogP contribution in [0.1, 0.15) is 67.2 Å². The van der Waals surface area contributed by atoms with Gasteiger partial charge in [-0.15, -0.1) is 31.0 Å². The van der Waals surface area contributed by atoms with Crippen LogP contribution < -0.4 is 0 Å². The number of hydrogen-bond acceptors (Lipinski definition) is 10. The van der Waals surface area contributed by atoms with Gasteiger partial charge in [-0.2, -0.15) is 0 Å². The van der Waals surface area contributed by atoms with Crippen molar-refractivity contribution in [2.24, 2.45) is 10.8 Å². The van der Waals surface area contributed by atoms with Gasteiger partial charge in [-0.3, -0.25) is 19.2 Å². The molecule has 0 N–H and O–H groups in total. The molecule has 0 fully saturated rings. The molecule has 2 unspecified atom stereocenters. The minimum atomic E-state index is -1.35. The van der Waals surface area contributed by atoms with Crippen LogP contribution in [0.15, 0.2) is 36.5 Å². The molecule has 14 heteroatoms. The quantitative estimate of drug-likeness (QED) is 0.0840. The molecule has 0 heterocycles. The summed E-state index contributed by atoms with van der Waals surface area (Å²) in [6, 6.07) is 0. The summed E-state index contributed by atoms with van der Waals surface area (Å²) in [5, 5.41) is 0. The molecule has 0 radical (unpaired) electrons. The minimum absolute atomic E-state index is 0.178. The van der Waals surface area contributed by atoms with E-state index in [9.17, 15) is 19.2 Å². The SMILES string of the molecule is C=CCC(CC(=C)C)(C(=O)OCC)C(=O)OCC.CCOC(=O)C1(C(=O)OCC)CC=C(C)C1.PPP.S=S=S. The predicted molar refractivity (Wildman–Crippen MR) is 178 cm³/mol. The van der Waals surface area contributed by atoms with Gasteiger partial charge in [0.25, 0.3) is 0 Å². The number of allylic oxidation sites excluding steroid dienone is 4. The first kappa shape index (κ1) is 43.5. The van der Waals surface area contributed by atoms with Crippen molar-refractivity contribution in [2.75, 3.05) is 26.4 Å². The van der Waals surface area contributed by atoms with Crippen LogP contribution in [0.3, 0.4) is 0 Å². The molecule has 230 valence electrons. The number of carbonyl (C=O) groups excluding carboxylic acids is 4. The summed E-state index contributed by atoms with van der Waals surface area (Å²) in [6.45, 7) is 18.8. The van der Waals surface area contributed by atoms with Gasteiger partial charge in [-0.1, -0.05) is 31.3 Å². The zero-order valence-electron chi connectivity index (χ0n) is 24.4. The van der Waals surface area contributed by atoms with Crippen LogP contribution in [0.2, 0.25) is 0 Å². The van der Waals surface area contributed by atoms with Crippen LogP contribution in [0.25, 0.3) is 0 Å². The van der Waals surface area contributed by atoms with E-state index >= 15 is 0 Å². The van der Waals surface area contributed by atoms with E-state index in [0.717, 1.165) is 28.0 Å². The van der Waals surface area contributed by atoms with Gasteiger partial charge in [0.1, 0.15) is 0 Å². The van der Waals surface area contributed by atoms with E-state index in [2.05, 4.69) is 53.4 Å². The fourth-order valence-electron chi connectivity index (χ4n) is 3.67. The third-order valence-corrected chi connectivity index (χ3v) is 5.14. The summed E-state index contributed by atoms with van der Waals surface area (Å²) in [7, 11) is 6.97. The van der Waals surface area contributed by atoms with E-state index < -0.39 is 34.7 Å². The summed E-state index contributed by atoms with van der Waals surface area (Å²) < 4.78 is 19.9. The molecule has 0 aromatic carbocycles. The molecule has 0 bridgehead atoms. The van der Waals surface area contributed by atoms with Crippen LogP contribution in [0.5, 0.6) is 0 Å². The first-order valence-electron chi connectivity index (χ1n) is 12.5. The van der Waals surface area contributed by atoms with E-state index in [-0.39, 0.29) is 39.3 Å². The van der Waals surface area contributed by atoms with Gasteiger partial charge in [0.05, 0.1) is 26.4 Å². The zero-order valence-corrected chi connectivity index (χ0v) is 30.1. The van der Waals surface area contributed by atoms with Crippen molar-refractivity contribution in [2.45, 2.75) is 67.2 Å². The second-order valence-electron chi connectivity index (χ2n) is 8.34. The van der Waals surface area contributed by atoms with Crippen molar-refractivity contribution in [3.63, 3.8) is 0 Å². The minimum Gasteiger partial charge on any atom is -0.465 e. The van der Waals surface area contributed by atoms with Gasteiger partial charge in [0.15, 0.2) is 10.8 Å². The lowest BCUT2D eigenvalue weighted by Crippen LogP contribution is -2.42. The van der Waals surface area contributed by atoms with Gasteiger partial charge in [-0.05, 0) is 67.2 Å². The molecule has 1 rings (SSSR count). The fourth-order valence-corrected chi connectivity index (χ4v) is 3.67. The molecular weight excluding hydrogens is 629 g/mol. The maximum Gasteiger partial charge on any atom is 0.324 e. The Labute approximate surface area is 259 Å². The Hall–Kier alpha value is -0.950. The molecule has 8 nitrogen and oxygen atoms in total. The standard InChI is InChI=1S/C14H22O4.C12H18O4.H5P3.S3/c1-6-9-14(10-11(4)5,12(15)17-7-2)13(16)18-8-3;1-4-15-10(13)12(11(14)16-5-2)7-6-9(3)8-12;2*1-3-2/h6H,1,4,7-10H2,2-3,5H3;6H,4-5,7-8H2,1-3H3;3H,1-2H2;. The summed E-state index contributed by atoms with van der Waals surface area (Å²) in [5.41, 5.74) is -0.727. The monoisotopic (exact) mass is 674 g/mol. The third kappa shape index (κ3) is 15.9. The Morgan fingerprint density at radius 1 is 1.00 bits per heavy atom. The Morgan fingerprint density at radius 3 is 1.62 bits per heavy atom. The second kappa shape index (κ2) is 25.7. The molecule has 0 aromatic rings. The second-order valence-corrected chi connectivity index (χ2v) is 14.4. The lowest BCUT2D eigenvalue weighted by atomic mass is 9.79. The van der Waals surface area contributed by atoms with Crippen molar-refractivity contribution >= 4 is 80.9 Å². The predicted octanol–water partition coefficient (Wildman–Crippen LogP) is 5.72. The fraction of sp³-hybridized carbons (Fsp3) is 0.615. The Balaban J connectivity index is -0.000000573. The normalized spacial score (nSPS) is 12.7. The van der Waals surface area contributed by atoms with E-state index in [1.807, 2.05) is 13.0 Å². The van der Waals surface area contributed by atoms with Crippen LogP contribution in [0, 0.1) is 10.8 Å². The van der Waals surface area contributed by atoms with Gasteiger partial charge in [0, 0.05) is 31.3 Å². The Bertz CT molecular complexity index is 868. The third-order valence-electron chi connectivity index (χ3n) is 5.14. The lowest BCUT2D eigenvalue weighted by molar-refractivity contribution is -0.173. The number of hydrogen-bond donors (Lipinski definition) is 0. The van der Waals surface area contributed by atoms with Crippen molar-refractivity contribution in [3.8, 4) is 0 Å². The summed E-state index contributed by atoms with van der Waals surface area (Å²) >= 11 is 8.25. The molecular formula is C26H45O8P3S3. The molecule has 1 aliphatic rings. The molecule has 0 amide bonds. The molecule has 0 saturated carbocycles.